The highest BCUT2D eigenvalue weighted by atomic mass is 16.5. The summed E-state index contributed by atoms with van der Waals surface area (Å²) < 4.78 is 13.4. The van der Waals surface area contributed by atoms with Crippen LogP contribution in [-0.4, -0.2) is 46.1 Å². The van der Waals surface area contributed by atoms with Gasteiger partial charge in [-0.2, -0.15) is 5.10 Å². The van der Waals surface area contributed by atoms with E-state index in [2.05, 4.69) is 10.4 Å². The molecule has 0 radical (unpaired) electrons. The summed E-state index contributed by atoms with van der Waals surface area (Å²) >= 11 is 0. The number of hydrogen-bond acceptors (Lipinski definition) is 4. The molecular weight excluding hydrogens is 344 g/mol. The maximum absolute atomic E-state index is 13.0. The molecule has 2 amide bonds. The molecule has 1 unspecified atom stereocenters. The third kappa shape index (κ3) is 4.08. The third-order valence-electron chi connectivity index (χ3n) is 4.99. The van der Waals surface area contributed by atoms with E-state index in [-0.39, 0.29) is 6.03 Å². The van der Waals surface area contributed by atoms with Crippen molar-refractivity contribution in [3.05, 3.63) is 42.1 Å². The van der Waals surface area contributed by atoms with Gasteiger partial charge in [0.25, 0.3) is 0 Å². The molecular formula is C20H26N4O3. The predicted molar refractivity (Wildman–Crippen MR) is 102 cm³/mol. The number of carbonyl (C=O) groups is 1. The first kappa shape index (κ1) is 17.9. The third-order valence-corrected chi connectivity index (χ3v) is 4.99. The number of urea groups is 1. The fourth-order valence-electron chi connectivity index (χ4n) is 3.67. The summed E-state index contributed by atoms with van der Waals surface area (Å²) in [6.07, 6.45) is 2.75. The monoisotopic (exact) mass is 370 g/mol. The van der Waals surface area contributed by atoms with Gasteiger partial charge < -0.3 is 14.4 Å². The number of rotatable bonds is 3. The fourth-order valence-corrected chi connectivity index (χ4v) is 3.67. The Bertz CT molecular complexity index is 811. The number of carbonyl (C=O) groups excluding carboxylic acids is 1. The van der Waals surface area contributed by atoms with Crippen molar-refractivity contribution in [1.29, 1.82) is 0 Å². The SMILES string of the molecule is CC1(C)CN(C(=O)Nc2ccnn2CC2CCOC2)Cc2ccccc2O1. The number of para-hydroxylation sites is 1. The maximum atomic E-state index is 13.0. The van der Waals surface area contributed by atoms with Crippen molar-refractivity contribution in [2.24, 2.45) is 5.92 Å². The molecule has 3 heterocycles. The molecule has 4 rings (SSSR count). The summed E-state index contributed by atoms with van der Waals surface area (Å²) in [6.45, 7) is 7.31. The second kappa shape index (κ2) is 7.23. The number of benzene rings is 1. The van der Waals surface area contributed by atoms with Crippen LogP contribution < -0.4 is 10.1 Å². The number of anilines is 1. The van der Waals surface area contributed by atoms with Gasteiger partial charge in [-0.3, -0.25) is 5.32 Å². The molecule has 7 heteroatoms. The minimum Gasteiger partial charge on any atom is -0.486 e. The Morgan fingerprint density at radius 3 is 3.00 bits per heavy atom. The van der Waals surface area contributed by atoms with Gasteiger partial charge in [-0.25, -0.2) is 9.48 Å². The molecule has 7 nitrogen and oxygen atoms in total. The van der Waals surface area contributed by atoms with Crippen LogP contribution in [0.15, 0.2) is 36.5 Å². The molecule has 1 saturated heterocycles. The Morgan fingerprint density at radius 2 is 2.19 bits per heavy atom. The number of hydrogen-bond donors (Lipinski definition) is 1. The summed E-state index contributed by atoms with van der Waals surface area (Å²) in [5, 5.41) is 7.39. The molecule has 1 atom stereocenters. The Hall–Kier alpha value is -2.54. The topological polar surface area (TPSA) is 68.6 Å². The van der Waals surface area contributed by atoms with Gasteiger partial charge in [-0.05, 0) is 26.3 Å². The second-order valence-electron chi connectivity index (χ2n) is 7.88. The first-order chi connectivity index (χ1) is 13.0. The zero-order valence-corrected chi connectivity index (χ0v) is 15.9. The molecule has 2 aromatic rings. The summed E-state index contributed by atoms with van der Waals surface area (Å²) in [4.78, 5) is 14.8. The summed E-state index contributed by atoms with van der Waals surface area (Å²) in [7, 11) is 0. The molecule has 0 saturated carbocycles. The zero-order chi connectivity index (χ0) is 18.9. The second-order valence-corrected chi connectivity index (χ2v) is 7.88. The summed E-state index contributed by atoms with van der Waals surface area (Å²) in [5.41, 5.74) is 0.542. The minimum absolute atomic E-state index is 0.146. The largest absolute Gasteiger partial charge is 0.486 e. The van der Waals surface area contributed by atoms with E-state index in [9.17, 15) is 4.79 Å². The van der Waals surface area contributed by atoms with E-state index in [1.54, 1.807) is 11.1 Å². The average Bonchev–Trinajstić information content (AvgIpc) is 3.25. The number of aromatic nitrogens is 2. The quantitative estimate of drug-likeness (QED) is 0.901. The van der Waals surface area contributed by atoms with Gasteiger partial charge in [0.15, 0.2) is 0 Å². The van der Waals surface area contributed by atoms with Gasteiger partial charge in [0.1, 0.15) is 17.2 Å². The minimum atomic E-state index is -0.467. The number of ether oxygens (including phenoxy) is 2. The Balaban J connectivity index is 1.49. The van der Waals surface area contributed by atoms with E-state index in [1.807, 2.05) is 48.9 Å². The van der Waals surface area contributed by atoms with Gasteiger partial charge in [-0.15, -0.1) is 0 Å². The Labute approximate surface area is 159 Å². The van der Waals surface area contributed by atoms with E-state index in [4.69, 9.17) is 9.47 Å². The number of nitrogens with one attached hydrogen (secondary N) is 1. The van der Waals surface area contributed by atoms with Gasteiger partial charge in [-0.1, -0.05) is 18.2 Å². The van der Waals surface area contributed by atoms with E-state index >= 15 is 0 Å². The molecule has 0 aliphatic carbocycles. The van der Waals surface area contributed by atoms with E-state index in [1.165, 1.54) is 0 Å². The molecule has 1 aromatic carbocycles. The number of amides is 2. The van der Waals surface area contributed by atoms with Crippen LogP contribution in [0.3, 0.4) is 0 Å². The smallest absolute Gasteiger partial charge is 0.323 e. The molecule has 1 N–H and O–H groups in total. The van der Waals surface area contributed by atoms with Crippen molar-refractivity contribution < 1.29 is 14.3 Å². The molecule has 2 aliphatic heterocycles. The number of fused-ring (bicyclic) bond motifs is 1. The first-order valence-corrected chi connectivity index (χ1v) is 9.43. The summed E-state index contributed by atoms with van der Waals surface area (Å²) in [5.74, 6) is 1.99. The van der Waals surface area contributed by atoms with Gasteiger partial charge in [0, 0.05) is 30.7 Å². The van der Waals surface area contributed by atoms with Crippen molar-refractivity contribution in [3.8, 4) is 5.75 Å². The van der Waals surface area contributed by atoms with E-state index in [0.29, 0.717) is 24.8 Å². The van der Waals surface area contributed by atoms with Crippen LogP contribution in [0, 0.1) is 5.92 Å². The molecule has 0 bridgehead atoms. The molecule has 1 fully saturated rings. The fraction of sp³-hybridized carbons (Fsp3) is 0.500. The maximum Gasteiger partial charge on any atom is 0.323 e. The Kier molecular flexibility index (Phi) is 4.78. The van der Waals surface area contributed by atoms with Crippen LogP contribution in [0.25, 0.3) is 0 Å². The van der Waals surface area contributed by atoms with E-state index < -0.39 is 5.60 Å². The lowest BCUT2D eigenvalue weighted by Crippen LogP contribution is -2.45. The zero-order valence-electron chi connectivity index (χ0n) is 15.9. The lowest BCUT2D eigenvalue weighted by molar-refractivity contribution is 0.0834. The van der Waals surface area contributed by atoms with Crippen LogP contribution in [0.5, 0.6) is 5.75 Å². The number of nitrogens with zero attached hydrogens (tertiary/aromatic N) is 3. The van der Waals surface area contributed by atoms with Crippen LogP contribution in [0.1, 0.15) is 25.8 Å². The van der Waals surface area contributed by atoms with Crippen LogP contribution in [0.4, 0.5) is 10.6 Å². The molecule has 27 heavy (non-hydrogen) atoms. The predicted octanol–water partition coefficient (Wildman–Crippen LogP) is 3.12. The van der Waals surface area contributed by atoms with Gasteiger partial charge in [0.2, 0.25) is 0 Å². The highest BCUT2D eigenvalue weighted by Gasteiger charge is 2.31. The normalized spacial score (nSPS) is 21.3. The van der Waals surface area contributed by atoms with Crippen molar-refractivity contribution in [3.63, 3.8) is 0 Å². The van der Waals surface area contributed by atoms with Gasteiger partial charge in [0.05, 0.1) is 25.9 Å². The van der Waals surface area contributed by atoms with Crippen molar-refractivity contribution in [2.75, 3.05) is 25.1 Å². The lowest BCUT2D eigenvalue weighted by Gasteiger charge is -2.29. The summed E-state index contributed by atoms with van der Waals surface area (Å²) in [6, 6.07) is 9.57. The lowest BCUT2D eigenvalue weighted by atomic mass is 10.1. The first-order valence-electron chi connectivity index (χ1n) is 9.43. The highest BCUT2D eigenvalue weighted by Crippen LogP contribution is 2.29. The average molecular weight is 370 g/mol. The van der Waals surface area contributed by atoms with Crippen molar-refractivity contribution in [2.45, 2.75) is 39.0 Å². The van der Waals surface area contributed by atoms with Gasteiger partial charge >= 0.3 is 6.03 Å². The van der Waals surface area contributed by atoms with Crippen LogP contribution >= 0.6 is 0 Å². The molecule has 144 valence electrons. The highest BCUT2D eigenvalue weighted by molar-refractivity contribution is 5.88. The Morgan fingerprint density at radius 1 is 1.33 bits per heavy atom. The molecule has 1 aromatic heterocycles. The molecule has 0 spiro atoms. The van der Waals surface area contributed by atoms with E-state index in [0.717, 1.165) is 37.5 Å². The van der Waals surface area contributed by atoms with Crippen molar-refractivity contribution >= 4 is 11.8 Å². The van der Waals surface area contributed by atoms with Crippen molar-refractivity contribution in [1.82, 2.24) is 14.7 Å². The van der Waals surface area contributed by atoms with Crippen LogP contribution in [-0.2, 0) is 17.8 Å². The van der Waals surface area contributed by atoms with Crippen LogP contribution in [0.2, 0.25) is 0 Å². The molecule has 2 aliphatic rings. The standard InChI is InChI=1S/C20H26N4O3/c1-20(2)14-23(12-16-5-3-4-6-17(16)27-20)19(25)22-18-7-9-21-24(18)11-15-8-10-26-13-15/h3-7,9,15H,8,10-14H2,1-2H3,(H,22,25).